The van der Waals surface area contributed by atoms with E-state index in [4.69, 9.17) is 66.3 Å². The largest absolute Gasteiger partial charge is 0.504 e. The Bertz CT molecular complexity index is 5470. The number of benzene rings is 6. The molecular weight excluding hydrogens is 1670 g/mol. The molecule has 14 atom stereocenters. The molecule has 30 nitrogen and oxygen atoms in total. The summed E-state index contributed by atoms with van der Waals surface area (Å²) in [5.74, 6) is 1.90. The van der Waals surface area contributed by atoms with E-state index in [1.165, 1.54) is 65.8 Å². The molecule has 4 fully saturated rings. The number of phenols is 2. The van der Waals surface area contributed by atoms with Gasteiger partial charge in [-0.1, -0.05) is 77.3 Å². The minimum Gasteiger partial charge on any atom is -0.504 e. The molecule has 0 aromatic heterocycles. The molecule has 20 rings (SSSR count). The third-order valence-corrected chi connectivity index (χ3v) is 31.0. The van der Waals surface area contributed by atoms with Crippen molar-refractivity contribution < 1.29 is 110 Å². The van der Waals surface area contributed by atoms with Gasteiger partial charge in [-0.15, -0.1) is 23.5 Å². The van der Waals surface area contributed by atoms with Gasteiger partial charge in [0.25, 0.3) is 0 Å². The first-order valence-electron chi connectivity index (χ1n) is 44.3. The van der Waals surface area contributed by atoms with Gasteiger partial charge in [0.2, 0.25) is 13.6 Å². The van der Waals surface area contributed by atoms with Crippen molar-refractivity contribution in [2.45, 2.75) is 240 Å². The molecule has 678 valence electrons. The van der Waals surface area contributed by atoms with Crippen LogP contribution in [0.2, 0.25) is 0 Å². The van der Waals surface area contributed by atoms with E-state index in [1.54, 1.807) is 24.3 Å². The number of esters is 6. The number of fused-ring (bicyclic) bond motifs is 18. The lowest BCUT2D eigenvalue weighted by Gasteiger charge is -2.62. The molecule has 5 N–H and O–H groups in total. The molecule has 0 aliphatic carbocycles. The highest BCUT2D eigenvalue weighted by Crippen LogP contribution is 2.68. The second kappa shape index (κ2) is 35.8. The van der Waals surface area contributed by atoms with Crippen LogP contribution >= 0.6 is 23.5 Å². The van der Waals surface area contributed by atoms with Crippen LogP contribution in [0.4, 0.5) is 0 Å². The zero-order valence-electron chi connectivity index (χ0n) is 74.4. The molecule has 6 aromatic rings. The monoisotopic (exact) mass is 1780 g/mol. The first-order valence-corrected chi connectivity index (χ1v) is 46.4. The normalized spacial score (nSPS) is 26.6. The van der Waals surface area contributed by atoms with Crippen molar-refractivity contribution in [1.82, 2.24) is 30.2 Å². The molecule has 32 heteroatoms. The third-order valence-electron chi connectivity index (χ3n) is 28.1. The molecule has 8 bridgehead atoms. The van der Waals surface area contributed by atoms with E-state index in [-0.39, 0.29) is 80.6 Å². The first-order chi connectivity index (χ1) is 61.2. The summed E-state index contributed by atoms with van der Waals surface area (Å²) in [6, 6.07) is 8.72. The van der Waals surface area contributed by atoms with Gasteiger partial charge in [0.1, 0.15) is 37.0 Å². The van der Waals surface area contributed by atoms with Crippen molar-refractivity contribution in [3.63, 3.8) is 0 Å². The number of aliphatic hydroxyl groups is 1. The van der Waals surface area contributed by atoms with Crippen LogP contribution in [-0.4, -0.2) is 201 Å². The fraction of sp³-hybridized carbons (Fsp3) is 0.547. The van der Waals surface area contributed by atoms with E-state index >= 15 is 9.59 Å². The van der Waals surface area contributed by atoms with Crippen LogP contribution < -0.4 is 67.5 Å². The average molecular weight is 1790 g/mol. The summed E-state index contributed by atoms with van der Waals surface area (Å²) in [5.41, 5.74) is 8.64. The fourth-order valence-electron chi connectivity index (χ4n) is 22.4. The Morgan fingerprint density at radius 3 is 1.35 bits per heavy atom. The standard InChI is InChI=1S/C48H56N4O11S.C47H57N3O12S/c1-8-9-10-11-12-13-35(54)63-34-18-27-14-15-50-48(29(27)19-33(34)57-6)22-64-46-38-37(45-44(60-23-61-45)25(3)43(38)62-26(4)53)32(21-59-47(48)56)52-31(20-49)30-17-28-16-24(2)42(58-7)41(55)36(28)39(40(46)52)51(30)5;1-8-9-10-11-12-13-33(52)62-32-18-26-14-15-48-47(28(26)19-31(32)56-6)21-63-44-36-35(43-42(59-22-60-43)24(3)41(36)61-25(4)51)30(20-58-46(47)55)50-38(44)37-34-27(17-29(45(50)54)49(37)5)16-23(2)40(57-7)39(34)53/h16,18-19,30-32,39-40,46,50,55H,8-15,17,21-23H2,1-7H3;16,18-19,29-30,37-38,44-45,48,53-54H,8-15,17,20-22H2,1-7H3/t30-,31-,32-,39+,40?,46+,48+;29-,30-,37+,38?,44+,45-,47+/m00/s1. The van der Waals surface area contributed by atoms with Crippen molar-refractivity contribution in [2.75, 3.05) is 93.9 Å². The Morgan fingerprint density at radius 1 is 0.512 bits per heavy atom. The molecule has 2 spiro atoms. The number of aryl methyl sites for hydroxylation is 2. The third kappa shape index (κ3) is 14.9. The van der Waals surface area contributed by atoms with Gasteiger partial charge in [0, 0.05) is 114 Å². The lowest BCUT2D eigenvalue weighted by atomic mass is 9.71. The molecule has 6 aromatic carbocycles. The summed E-state index contributed by atoms with van der Waals surface area (Å²) < 4.78 is 85.1. The molecule has 0 saturated carbocycles. The van der Waals surface area contributed by atoms with Gasteiger partial charge < -0.3 is 81.6 Å². The number of hydrogen-bond donors (Lipinski definition) is 5. The Morgan fingerprint density at radius 2 is 0.929 bits per heavy atom. The molecule has 4 saturated heterocycles. The summed E-state index contributed by atoms with van der Waals surface area (Å²) in [4.78, 5) is 90.9. The lowest BCUT2D eigenvalue weighted by molar-refractivity contribution is -0.186. The van der Waals surface area contributed by atoms with E-state index in [1.807, 2.05) is 58.8 Å². The van der Waals surface area contributed by atoms with Gasteiger partial charge in [0.05, 0.1) is 75.2 Å². The number of rotatable bonds is 20. The number of piperazine rings is 2. The smallest absolute Gasteiger partial charge is 0.331 e. The zero-order valence-corrected chi connectivity index (χ0v) is 76.1. The second-order valence-electron chi connectivity index (χ2n) is 35.3. The maximum atomic E-state index is 15.1. The number of carbonyl (C=O) groups is 6. The van der Waals surface area contributed by atoms with Crippen LogP contribution in [0.5, 0.6) is 80.5 Å². The van der Waals surface area contributed by atoms with E-state index in [0.29, 0.717) is 163 Å². The Balaban J connectivity index is 0.000000179. The van der Waals surface area contributed by atoms with Crippen LogP contribution in [0.25, 0.3) is 0 Å². The van der Waals surface area contributed by atoms with Gasteiger partial charge in [-0.3, -0.25) is 49.4 Å². The van der Waals surface area contributed by atoms with E-state index in [2.05, 4.69) is 45.3 Å². The predicted molar refractivity (Wildman–Crippen MR) is 467 cm³/mol. The van der Waals surface area contributed by atoms with Gasteiger partial charge >= 0.3 is 35.8 Å². The summed E-state index contributed by atoms with van der Waals surface area (Å²) in [5, 5.41) is 54.1. The minimum atomic E-state index is -1.41. The summed E-state index contributed by atoms with van der Waals surface area (Å²) in [6.07, 6.45) is 11.5. The Hall–Kier alpha value is -9.95. The van der Waals surface area contributed by atoms with E-state index < -0.39 is 100 Å². The van der Waals surface area contributed by atoms with Crippen LogP contribution in [0, 0.1) is 39.0 Å². The number of methoxy groups -OCH3 is 4. The van der Waals surface area contributed by atoms with E-state index in [0.717, 1.165) is 97.6 Å². The number of unbranched alkanes of at least 4 members (excludes halogenated alkanes) is 8. The quantitative estimate of drug-likeness (QED) is 0.0269. The van der Waals surface area contributed by atoms with Gasteiger partial charge in [0.15, 0.2) is 80.1 Å². The number of nitriles is 1. The molecule has 14 aliphatic heterocycles. The Labute approximate surface area is 747 Å². The maximum Gasteiger partial charge on any atom is 0.331 e. The van der Waals surface area contributed by atoms with Crippen LogP contribution in [0.15, 0.2) is 36.4 Å². The number of thioether (sulfide) groups is 2. The number of hydrogen-bond acceptors (Lipinski definition) is 32. The number of aromatic hydroxyl groups is 2. The molecule has 14 aliphatic rings. The highest BCUT2D eigenvalue weighted by atomic mass is 32.2. The topological polar surface area (TPSA) is 353 Å². The summed E-state index contributed by atoms with van der Waals surface area (Å²) >= 11 is 2.95. The van der Waals surface area contributed by atoms with Crippen LogP contribution in [-0.2, 0) is 75.0 Å². The number of ether oxygens (including phenoxy) is 14. The molecular formula is C95H113N7O23S2. The van der Waals surface area contributed by atoms with Crippen LogP contribution in [0.1, 0.15) is 228 Å². The zero-order chi connectivity index (χ0) is 89.7. The SMILES string of the molecule is CCCCCCCC(=O)Oc1cc2c(cc1OC)[C@@]1(CS[C@@H]3c4c(OC(C)=O)c(C)c5c(c4[C@H](COC1=O)N1C3[C@H]3c4c(cc(C)c(OC)c4O)C[C@@H]([C@@H]1C#N)N3C)OCO5)NCC2.CCCCCCCC(=O)Oc1cc2c(cc1OC)[C@@]1(CS[C@@H]3c4c(OC(C)=O)c(C)c5c(c4[C@H](COC1=O)N1C3[C@H]3c4c(cc(C)c(OC)c4O)C[C@@H]([C@@H]1O)N3C)OCO5)NCC2. The van der Waals surface area contributed by atoms with Gasteiger partial charge in [-0.2, -0.15) is 5.26 Å². The van der Waals surface area contributed by atoms with Crippen molar-refractivity contribution >= 4 is 59.3 Å². The highest BCUT2D eigenvalue weighted by Gasteiger charge is 2.65. The molecule has 14 heterocycles. The van der Waals surface area contributed by atoms with Crippen molar-refractivity contribution in [1.29, 1.82) is 5.26 Å². The van der Waals surface area contributed by atoms with E-state index in [9.17, 15) is 39.8 Å². The predicted octanol–water partition coefficient (Wildman–Crippen LogP) is 12.5. The lowest BCUT2D eigenvalue weighted by Crippen LogP contribution is -2.70. The molecule has 2 unspecified atom stereocenters. The second-order valence-corrected chi connectivity index (χ2v) is 37.5. The van der Waals surface area contributed by atoms with Gasteiger partial charge in [-0.25, -0.2) is 9.59 Å². The number of likely N-dealkylation sites (N-methyl/N-ethyl adjacent to an activating group) is 2. The maximum absolute atomic E-state index is 15.1. The fourth-order valence-corrected chi connectivity index (χ4v) is 25.8. The Kier molecular flexibility index (Phi) is 25.1. The van der Waals surface area contributed by atoms with Crippen molar-refractivity contribution in [2.24, 2.45) is 0 Å². The van der Waals surface area contributed by atoms with Crippen molar-refractivity contribution in [3.8, 4) is 86.6 Å². The highest BCUT2D eigenvalue weighted by molar-refractivity contribution is 7.99. The number of nitrogens with one attached hydrogen (secondary N) is 2. The number of aliphatic hydroxyl groups excluding tert-OH is 1. The summed E-state index contributed by atoms with van der Waals surface area (Å²) in [6.45, 7) is 14.8. The minimum absolute atomic E-state index is 0.0327. The number of carbonyl (C=O) groups excluding carboxylic acids is 6. The molecule has 0 radical (unpaired) electrons. The number of nitrogens with zero attached hydrogens (tertiary/aromatic N) is 5. The van der Waals surface area contributed by atoms with Gasteiger partial charge in [-0.05, 0) is 149 Å². The van der Waals surface area contributed by atoms with Crippen molar-refractivity contribution in [3.05, 3.63) is 125 Å². The first kappa shape index (κ1) is 89.0. The molecule has 127 heavy (non-hydrogen) atoms. The summed E-state index contributed by atoms with van der Waals surface area (Å²) in [7, 11) is 10.0. The average Bonchev–Trinajstić information content (AvgIpc) is 0.803. The van der Waals surface area contributed by atoms with Crippen LogP contribution in [0.3, 0.4) is 0 Å². The number of phenolic OH excluding ortho intramolecular Hbond substituents is 2. The molecule has 0 amide bonds.